The smallest absolute Gasteiger partial charge is 0.282 e. The van der Waals surface area contributed by atoms with Crippen molar-refractivity contribution < 1.29 is 13.0 Å². The lowest BCUT2D eigenvalue weighted by atomic mass is 9.99. The van der Waals surface area contributed by atoms with Gasteiger partial charge in [-0.1, -0.05) is 109 Å². The molecule has 0 aliphatic carbocycles. The normalized spacial score (nSPS) is 11.9. The maximum absolute atomic E-state index is 11.4. The summed E-state index contributed by atoms with van der Waals surface area (Å²) in [5.74, 6) is 0. The number of aryl methyl sites for hydroxylation is 3. The van der Waals surface area contributed by atoms with Crippen molar-refractivity contribution in [2.24, 2.45) is 0 Å². The van der Waals surface area contributed by atoms with Crippen molar-refractivity contribution in [3.8, 4) is 0 Å². The van der Waals surface area contributed by atoms with Crippen molar-refractivity contribution in [1.82, 2.24) is 0 Å². The Bertz CT molecular complexity index is 680. The second kappa shape index (κ2) is 15.9. The molecule has 0 radical (unpaired) electrons. The van der Waals surface area contributed by atoms with Crippen LogP contribution >= 0.6 is 0 Å². The van der Waals surface area contributed by atoms with Crippen molar-refractivity contribution in [3.05, 3.63) is 28.8 Å². The zero-order valence-electron chi connectivity index (χ0n) is 19.8. The van der Waals surface area contributed by atoms with Gasteiger partial charge >= 0.3 is 0 Å². The molecule has 1 N–H and O–H groups in total. The summed E-state index contributed by atoms with van der Waals surface area (Å²) in [6.07, 6.45) is 22.8. The van der Waals surface area contributed by atoms with Crippen molar-refractivity contribution in [2.75, 3.05) is 0 Å². The summed E-state index contributed by atoms with van der Waals surface area (Å²) in [6.45, 7) is 5.95. The molecular weight excluding hydrogens is 392 g/mol. The molecule has 0 aliphatic heterocycles. The molecular formula is C26H46O3S. The van der Waals surface area contributed by atoms with E-state index >= 15 is 0 Å². The van der Waals surface area contributed by atoms with E-state index in [2.05, 4.69) is 6.92 Å². The maximum Gasteiger partial charge on any atom is 0.294 e. The zero-order valence-corrected chi connectivity index (χ0v) is 20.7. The third kappa shape index (κ3) is 12.1. The fourth-order valence-electron chi connectivity index (χ4n) is 4.26. The van der Waals surface area contributed by atoms with Crippen LogP contribution in [0, 0.1) is 13.8 Å². The van der Waals surface area contributed by atoms with Crippen LogP contribution in [-0.2, 0) is 16.5 Å². The molecule has 0 fully saturated rings. The van der Waals surface area contributed by atoms with Crippen LogP contribution in [0.15, 0.2) is 17.0 Å². The Morgan fingerprint density at radius 1 is 0.633 bits per heavy atom. The fraction of sp³-hybridized carbons (Fsp3) is 0.769. The maximum atomic E-state index is 11.4. The molecule has 0 saturated carbocycles. The summed E-state index contributed by atoms with van der Waals surface area (Å²) in [7, 11) is -4.12. The van der Waals surface area contributed by atoms with Crippen LogP contribution in [-0.4, -0.2) is 13.0 Å². The van der Waals surface area contributed by atoms with Crippen LogP contribution in [0.25, 0.3) is 0 Å². The fourth-order valence-corrected chi connectivity index (χ4v) is 5.05. The van der Waals surface area contributed by atoms with E-state index in [0.29, 0.717) is 5.56 Å². The monoisotopic (exact) mass is 438 g/mol. The third-order valence-electron chi connectivity index (χ3n) is 6.21. The first kappa shape index (κ1) is 27.2. The van der Waals surface area contributed by atoms with Crippen LogP contribution in [0.3, 0.4) is 0 Å². The first-order chi connectivity index (χ1) is 14.4. The highest BCUT2D eigenvalue weighted by Gasteiger charge is 2.15. The van der Waals surface area contributed by atoms with Gasteiger partial charge in [0, 0.05) is 0 Å². The van der Waals surface area contributed by atoms with Gasteiger partial charge in [0.1, 0.15) is 0 Å². The molecule has 3 nitrogen and oxygen atoms in total. The molecule has 0 saturated heterocycles. The van der Waals surface area contributed by atoms with Gasteiger partial charge in [-0.2, -0.15) is 8.42 Å². The van der Waals surface area contributed by atoms with Crippen molar-refractivity contribution >= 4 is 10.1 Å². The Labute approximate surface area is 186 Å². The van der Waals surface area contributed by atoms with E-state index in [1.54, 1.807) is 13.0 Å². The van der Waals surface area contributed by atoms with E-state index in [4.69, 9.17) is 0 Å². The van der Waals surface area contributed by atoms with E-state index in [1.807, 2.05) is 13.0 Å². The Balaban J connectivity index is 2.00. The summed E-state index contributed by atoms with van der Waals surface area (Å²) >= 11 is 0. The molecule has 0 bridgehead atoms. The van der Waals surface area contributed by atoms with Crippen LogP contribution in [0.1, 0.15) is 126 Å². The van der Waals surface area contributed by atoms with Gasteiger partial charge in [-0.05, 0) is 49.4 Å². The van der Waals surface area contributed by atoms with Gasteiger partial charge in [-0.15, -0.1) is 0 Å². The molecule has 30 heavy (non-hydrogen) atoms. The molecule has 0 spiro atoms. The van der Waals surface area contributed by atoms with Crippen LogP contribution in [0.4, 0.5) is 0 Å². The summed E-state index contributed by atoms with van der Waals surface area (Å²) < 4.78 is 32.1. The van der Waals surface area contributed by atoms with E-state index in [1.165, 1.54) is 102 Å². The van der Waals surface area contributed by atoms with Crippen LogP contribution in [0.2, 0.25) is 0 Å². The minimum Gasteiger partial charge on any atom is -0.282 e. The van der Waals surface area contributed by atoms with E-state index in [0.717, 1.165) is 18.4 Å². The number of rotatable bonds is 18. The number of hydrogen-bond donors (Lipinski definition) is 1. The van der Waals surface area contributed by atoms with Gasteiger partial charge in [-0.25, -0.2) is 0 Å². The van der Waals surface area contributed by atoms with E-state index in [9.17, 15) is 13.0 Å². The molecule has 174 valence electrons. The molecule has 0 atom stereocenters. The molecule has 0 heterocycles. The molecule has 0 aliphatic rings. The quantitative estimate of drug-likeness (QED) is 0.185. The number of unbranched alkanes of at least 4 members (excludes halogenated alkanes) is 15. The molecule has 0 amide bonds. The summed E-state index contributed by atoms with van der Waals surface area (Å²) in [6, 6.07) is 3.52. The van der Waals surface area contributed by atoms with Gasteiger partial charge in [0.2, 0.25) is 0 Å². The Hall–Kier alpha value is -0.870. The van der Waals surface area contributed by atoms with Crippen molar-refractivity contribution in [3.63, 3.8) is 0 Å². The standard InChI is InChI=1S/C26H46O3S/c1-4-5-6-7-8-9-10-11-12-13-14-15-16-17-18-19-20-25-21-24(3)26(22-23(25)2)30(27,28)29/h21-22H,4-20H2,1-3H3,(H,27,28,29). The highest BCUT2D eigenvalue weighted by molar-refractivity contribution is 7.85. The average Bonchev–Trinajstić information content (AvgIpc) is 2.69. The lowest BCUT2D eigenvalue weighted by Gasteiger charge is -2.10. The van der Waals surface area contributed by atoms with E-state index in [-0.39, 0.29) is 4.90 Å². The molecule has 0 aromatic heterocycles. The van der Waals surface area contributed by atoms with Gasteiger partial charge in [0.15, 0.2) is 0 Å². The Kier molecular flexibility index (Phi) is 14.4. The van der Waals surface area contributed by atoms with Crippen molar-refractivity contribution in [1.29, 1.82) is 0 Å². The molecule has 1 rings (SSSR count). The van der Waals surface area contributed by atoms with Gasteiger partial charge in [0.05, 0.1) is 4.90 Å². The van der Waals surface area contributed by atoms with E-state index < -0.39 is 10.1 Å². The second-order valence-corrected chi connectivity index (χ2v) is 10.5. The van der Waals surface area contributed by atoms with Crippen LogP contribution < -0.4 is 0 Å². The summed E-state index contributed by atoms with van der Waals surface area (Å²) in [5, 5.41) is 0. The predicted octanol–water partition coefficient (Wildman–Crippen LogP) is 8.35. The number of hydrogen-bond acceptors (Lipinski definition) is 2. The lowest BCUT2D eigenvalue weighted by molar-refractivity contribution is 0.482. The zero-order chi connectivity index (χ0) is 22.2. The summed E-state index contributed by atoms with van der Waals surface area (Å²) in [5.41, 5.74) is 2.79. The molecule has 1 aromatic rings. The highest BCUT2D eigenvalue weighted by atomic mass is 32.2. The minimum absolute atomic E-state index is 0.0377. The van der Waals surface area contributed by atoms with Gasteiger partial charge in [-0.3, -0.25) is 4.55 Å². The topological polar surface area (TPSA) is 54.4 Å². The third-order valence-corrected chi connectivity index (χ3v) is 7.21. The second-order valence-electron chi connectivity index (χ2n) is 9.07. The summed E-state index contributed by atoms with van der Waals surface area (Å²) in [4.78, 5) is 0.0377. The minimum atomic E-state index is -4.12. The molecule has 4 heteroatoms. The SMILES string of the molecule is CCCCCCCCCCCCCCCCCCc1cc(C)c(S(=O)(=O)O)cc1C. The lowest BCUT2D eigenvalue weighted by Crippen LogP contribution is -2.03. The predicted molar refractivity (Wildman–Crippen MR) is 129 cm³/mol. The molecule has 0 unspecified atom stereocenters. The van der Waals surface area contributed by atoms with Crippen molar-refractivity contribution in [2.45, 2.75) is 135 Å². The largest absolute Gasteiger partial charge is 0.294 e. The average molecular weight is 439 g/mol. The first-order valence-corrected chi connectivity index (χ1v) is 13.9. The number of benzene rings is 1. The Morgan fingerprint density at radius 2 is 1.03 bits per heavy atom. The molecule has 1 aromatic carbocycles. The van der Waals surface area contributed by atoms with Gasteiger partial charge in [0.25, 0.3) is 10.1 Å². The Morgan fingerprint density at radius 3 is 1.43 bits per heavy atom. The van der Waals surface area contributed by atoms with Gasteiger partial charge < -0.3 is 0 Å². The first-order valence-electron chi connectivity index (χ1n) is 12.4. The highest BCUT2D eigenvalue weighted by Crippen LogP contribution is 2.22. The van der Waals surface area contributed by atoms with Crippen LogP contribution in [0.5, 0.6) is 0 Å².